The molecular formula is C7H5F3N2O. The maximum atomic E-state index is 12.1. The zero-order chi connectivity index (χ0) is 9.64. The molecule has 0 atom stereocenters. The minimum absolute atomic E-state index is 0.102. The van der Waals surface area contributed by atoms with Gasteiger partial charge in [0.25, 0.3) is 0 Å². The van der Waals surface area contributed by atoms with Crippen molar-refractivity contribution in [3.63, 3.8) is 0 Å². The van der Waals surface area contributed by atoms with Crippen LogP contribution in [0.25, 0.3) is 5.71 Å². The van der Waals surface area contributed by atoms with Crippen molar-refractivity contribution in [2.75, 3.05) is 0 Å². The van der Waals surface area contributed by atoms with Gasteiger partial charge in [-0.05, 0) is 6.92 Å². The van der Waals surface area contributed by atoms with Crippen molar-refractivity contribution < 1.29 is 17.6 Å². The van der Waals surface area contributed by atoms with Crippen LogP contribution in [0.2, 0.25) is 0 Å². The lowest BCUT2D eigenvalue weighted by atomic mass is 10.4. The molecule has 0 fully saturated rings. The number of halogens is 3. The average Bonchev–Trinajstić information content (AvgIpc) is 2.40. The van der Waals surface area contributed by atoms with Gasteiger partial charge >= 0.3 is 6.18 Å². The summed E-state index contributed by atoms with van der Waals surface area (Å²) in [6.45, 7) is 1.64. The Kier molecular flexibility index (Phi) is 1.43. The normalized spacial score (nSPS) is 12.6. The van der Waals surface area contributed by atoms with E-state index < -0.39 is 11.9 Å². The second kappa shape index (κ2) is 2.27. The van der Waals surface area contributed by atoms with E-state index in [0.29, 0.717) is 5.76 Å². The molecule has 0 unspecified atom stereocenters. The summed E-state index contributed by atoms with van der Waals surface area (Å²) in [7, 11) is 0. The maximum absolute atomic E-state index is 12.1. The van der Waals surface area contributed by atoms with Gasteiger partial charge < -0.3 is 4.42 Å². The van der Waals surface area contributed by atoms with Crippen molar-refractivity contribution in [1.29, 1.82) is 0 Å². The first-order chi connectivity index (χ1) is 5.97. The van der Waals surface area contributed by atoms with E-state index in [1.807, 2.05) is 0 Å². The number of aromatic nitrogens is 2. The second-order valence-corrected chi connectivity index (χ2v) is 2.65. The van der Waals surface area contributed by atoms with Crippen LogP contribution < -0.4 is 0 Å². The monoisotopic (exact) mass is 190 g/mol. The maximum Gasteiger partial charge on any atom is 0.435 e. The van der Waals surface area contributed by atoms with E-state index >= 15 is 0 Å². The molecule has 0 saturated carbocycles. The van der Waals surface area contributed by atoms with Gasteiger partial charge in [0.2, 0.25) is 5.71 Å². The van der Waals surface area contributed by atoms with E-state index in [4.69, 9.17) is 4.42 Å². The summed E-state index contributed by atoms with van der Waals surface area (Å²) < 4.78 is 42.3. The van der Waals surface area contributed by atoms with Gasteiger partial charge in [-0.15, -0.1) is 0 Å². The molecule has 0 aromatic carbocycles. The van der Waals surface area contributed by atoms with Gasteiger partial charge in [0.15, 0.2) is 5.69 Å². The highest BCUT2D eigenvalue weighted by atomic mass is 19.4. The molecule has 6 heteroatoms. The van der Waals surface area contributed by atoms with Crippen molar-refractivity contribution in [2.24, 2.45) is 0 Å². The van der Waals surface area contributed by atoms with E-state index in [9.17, 15) is 13.2 Å². The number of fused-ring (bicyclic) bond motifs is 1. The third-order valence-electron chi connectivity index (χ3n) is 1.56. The molecule has 70 valence electrons. The third-order valence-corrected chi connectivity index (χ3v) is 1.56. The molecule has 0 N–H and O–H groups in total. The molecule has 0 bridgehead atoms. The summed E-state index contributed by atoms with van der Waals surface area (Å²) in [6, 6.07) is 0.868. The third kappa shape index (κ3) is 1.28. The quantitative estimate of drug-likeness (QED) is 0.637. The van der Waals surface area contributed by atoms with E-state index in [2.05, 4.69) is 5.10 Å². The largest absolute Gasteiger partial charge is 0.442 e. The molecule has 0 saturated heterocycles. The number of hydrogen-bond donors (Lipinski definition) is 0. The van der Waals surface area contributed by atoms with Gasteiger partial charge in [0.1, 0.15) is 5.76 Å². The van der Waals surface area contributed by atoms with Gasteiger partial charge in [-0.25, -0.2) is 4.52 Å². The summed E-state index contributed by atoms with van der Waals surface area (Å²) in [6.07, 6.45) is -3.02. The number of oxazole rings is 1. The topological polar surface area (TPSA) is 30.4 Å². The van der Waals surface area contributed by atoms with Gasteiger partial charge in [0.05, 0.1) is 6.20 Å². The van der Waals surface area contributed by atoms with Crippen LogP contribution in [0.1, 0.15) is 11.5 Å². The van der Waals surface area contributed by atoms with Crippen LogP contribution in [-0.2, 0) is 6.18 Å². The lowest BCUT2D eigenvalue weighted by Crippen LogP contribution is -2.05. The second-order valence-electron chi connectivity index (χ2n) is 2.65. The standard InChI is InChI=1S/C7H5F3N2O/c1-4-3-12-6(13-4)2-5(11-12)7(8,9)10/h2-3H,1H3. The fourth-order valence-corrected chi connectivity index (χ4v) is 1.05. The molecule has 0 aliphatic carbocycles. The first kappa shape index (κ1) is 8.15. The van der Waals surface area contributed by atoms with E-state index in [1.165, 1.54) is 6.20 Å². The number of alkyl halides is 3. The predicted octanol–water partition coefficient (Wildman–Crippen LogP) is 2.25. The first-order valence-electron chi connectivity index (χ1n) is 3.50. The molecule has 2 rings (SSSR count). The molecule has 3 nitrogen and oxygen atoms in total. The van der Waals surface area contributed by atoms with Crippen molar-refractivity contribution in [3.8, 4) is 0 Å². The Bertz CT molecular complexity index is 408. The van der Waals surface area contributed by atoms with Crippen LogP contribution in [0, 0.1) is 6.92 Å². The zero-order valence-electron chi connectivity index (χ0n) is 6.59. The van der Waals surface area contributed by atoms with Crippen molar-refractivity contribution >= 4 is 5.71 Å². The summed E-state index contributed by atoms with van der Waals surface area (Å²) in [5, 5.41) is 3.30. The Morgan fingerprint density at radius 1 is 1.46 bits per heavy atom. The average molecular weight is 190 g/mol. The lowest BCUT2D eigenvalue weighted by Gasteiger charge is -1.98. The van der Waals surface area contributed by atoms with E-state index in [1.54, 1.807) is 6.92 Å². The highest BCUT2D eigenvalue weighted by Crippen LogP contribution is 2.29. The summed E-state index contributed by atoms with van der Waals surface area (Å²) in [5.74, 6) is 0.524. The Labute approximate surface area is 70.8 Å². The number of rotatable bonds is 0. The van der Waals surface area contributed by atoms with Crippen LogP contribution in [0.5, 0.6) is 0 Å². The first-order valence-corrected chi connectivity index (χ1v) is 3.50. The fraction of sp³-hybridized carbons (Fsp3) is 0.286. The van der Waals surface area contributed by atoms with Gasteiger partial charge in [0, 0.05) is 6.07 Å². The van der Waals surface area contributed by atoms with Crippen LogP contribution in [-0.4, -0.2) is 9.61 Å². The van der Waals surface area contributed by atoms with Crippen LogP contribution in [0.4, 0.5) is 13.2 Å². The van der Waals surface area contributed by atoms with E-state index in [-0.39, 0.29) is 5.71 Å². The number of nitrogens with zero attached hydrogens (tertiary/aromatic N) is 2. The summed E-state index contributed by atoms with van der Waals surface area (Å²) in [4.78, 5) is 0. The Morgan fingerprint density at radius 3 is 2.69 bits per heavy atom. The van der Waals surface area contributed by atoms with Crippen LogP contribution >= 0.6 is 0 Å². The minimum Gasteiger partial charge on any atom is -0.442 e. The molecule has 0 amide bonds. The van der Waals surface area contributed by atoms with Crippen molar-refractivity contribution in [1.82, 2.24) is 9.61 Å². The summed E-state index contributed by atoms with van der Waals surface area (Å²) in [5.41, 5.74) is -0.837. The Morgan fingerprint density at radius 2 is 2.15 bits per heavy atom. The molecule has 0 radical (unpaired) electrons. The van der Waals surface area contributed by atoms with Crippen molar-refractivity contribution in [2.45, 2.75) is 13.1 Å². The predicted molar refractivity (Wildman–Crippen MR) is 37.2 cm³/mol. The van der Waals surface area contributed by atoms with Crippen LogP contribution in [0.3, 0.4) is 0 Å². The molecule has 0 spiro atoms. The van der Waals surface area contributed by atoms with E-state index in [0.717, 1.165) is 10.6 Å². The molecule has 2 heterocycles. The summed E-state index contributed by atoms with van der Waals surface area (Å²) >= 11 is 0. The molecule has 0 aliphatic rings. The molecular weight excluding hydrogens is 185 g/mol. The molecule has 2 aromatic rings. The highest BCUT2D eigenvalue weighted by molar-refractivity contribution is 5.36. The smallest absolute Gasteiger partial charge is 0.435 e. The van der Waals surface area contributed by atoms with Gasteiger partial charge in [-0.3, -0.25) is 0 Å². The van der Waals surface area contributed by atoms with Crippen LogP contribution in [0.15, 0.2) is 16.7 Å². The minimum atomic E-state index is -4.41. The molecule has 2 aromatic heterocycles. The Hall–Kier alpha value is -1.46. The fourth-order valence-electron chi connectivity index (χ4n) is 1.05. The SMILES string of the molecule is Cc1cn2nc(C(F)(F)F)cc2o1. The Balaban J connectivity index is 2.57. The lowest BCUT2D eigenvalue weighted by molar-refractivity contribution is -0.141. The molecule has 13 heavy (non-hydrogen) atoms. The van der Waals surface area contributed by atoms with Crippen molar-refractivity contribution in [3.05, 3.63) is 23.7 Å². The number of aryl methyl sites for hydroxylation is 1. The van der Waals surface area contributed by atoms with Gasteiger partial charge in [-0.1, -0.05) is 0 Å². The van der Waals surface area contributed by atoms with Gasteiger partial charge in [-0.2, -0.15) is 18.3 Å². The number of hydrogen-bond acceptors (Lipinski definition) is 2. The molecule has 0 aliphatic heterocycles. The zero-order valence-corrected chi connectivity index (χ0v) is 6.59. The highest BCUT2D eigenvalue weighted by Gasteiger charge is 2.34.